The van der Waals surface area contributed by atoms with Crippen LogP contribution in [-0.2, 0) is 19.1 Å². The van der Waals surface area contributed by atoms with Gasteiger partial charge in [0.2, 0.25) is 5.91 Å². The van der Waals surface area contributed by atoms with Crippen LogP contribution in [0.25, 0.3) is 0 Å². The van der Waals surface area contributed by atoms with Crippen molar-refractivity contribution in [1.29, 1.82) is 0 Å². The van der Waals surface area contributed by atoms with Gasteiger partial charge < -0.3 is 10.1 Å². The van der Waals surface area contributed by atoms with Gasteiger partial charge in [0.15, 0.2) is 6.61 Å². The molecule has 32 heavy (non-hydrogen) atoms. The Morgan fingerprint density at radius 3 is 2.59 bits per heavy atom. The molecule has 2 aromatic carbocycles. The zero-order chi connectivity index (χ0) is 23.3. The maximum Gasteiger partial charge on any atom is 0.311 e. The van der Waals surface area contributed by atoms with Crippen LogP contribution >= 0.6 is 0 Å². The number of anilines is 1. The lowest BCUT2D eigenvalue weighted by Crippen LogP contribution is -2.43. The number of ether oxygens (including phenoxy) is 1. The van der Waals surface area contributed by atoms with Crippen molar-refractivity contribution >= 4 is 35.1 Å². The smallest absolute Gasteiger partial charge is 0.311 e. The number of nitrogens with zero attached hydrogens (tertiary/aromatic N) is 2. The molecule has 1 atom stereocenters. The summed E-state index contributed by atoms with van der Waals surface area (Å²) >= 11 is 0. The maximum atomic E-state index is 12.3. The number of nitro benzene ring substituents is 1. The van der Waals surface area contributed by atoms with E-state index in [-0.39, 0.29) is 24.3 Å². The summed E-state index contributed by atoms with van der Waals surface area (Å²) in [5, 5.41) is 14.5. The molecule has 2 aromatic rings. The first-order valence-electron chi connectivity index (χ1n) is 9.62. The van der Waals surface area contributed by atoms with Gasteiger partial charge in [0.1, 0.15) is 0 Å². The van der Waals surface area contributed by atoms with Gasteiger partial charge in [-0.25, -0.2) is 0 Å². The summed E-state index contributed by atoms with van der Waals surface area (Å²) in [5.41, 5.74) is 3.29. The lowest BCUT2D eigenvalue weighted by molar-refractivity contribution is -0.385. The van der Waals surface area contributed by atoms with Gasteiger partial charge in [-0.3, -0.25) is 39.7 Å². The van der Waals surface area contributed by atoms with E-state index < -0.39 is 41.1 Å². The van der Waals surface area contributed by atoms with Crippen LogP contribution in [0.15, 0.2) is 48.5 Å². The van der Waals surface area contributed by atoms with Crippen LogP contribution in [0.2, 0.25) is 0 Å². The number of aryl methyl sites for hydroxylation is 1. The number of esters is 1. The highest BCUT2D eigenvalue weighted by Gasteiger charge is 2.36. The Bertz CT molecular complexity index is 1070. The zero-order valence-corrected chi connectivity index (χ0v) is 17.1. The van der Waals surface area contributed by atoms with Gasteiger partial charge in [-0.15, -0.1) is 0 Å². The highest BCUT2D eigenvalue weighted by atomic mass is 16.6. The van der Waals surface area contributed by atoms with Crippen LogP contribution in [0.5, 0.6) is 0 Å². The Morgan fingerprint density at radius 1 is 1.19 bits per heavy atom. The molecule has 3 amide bonds. The fourth-order valence-corrected chi connectivity index (χ4v) is 3.09. The van der Waals surface area contributed by atoms with E-state index >= 15 is 0 Å². The van der Waals surface area contributed by atoms with E-state index in [1.54, 1.807) is 37.3 Å². The maximum absolute atomic E-state index is 12.3. The molecule has 1 aliphatic rings. The Kier molecular flexibility index (Phi) is 6.78. The number of nitrogens with one attached hydrogen (secondary N) is 2. The minimum atomic E-state index is -0.841. The number of carbonyl (C=O) groups is 4. The third-order valence-corrected chi connectivity index (χ3v) is 4.77. The molecule has 11 heteroatoms. The second-order valence-corrected chi connectivity index (χ2v) is 7.13. The van der Waals surface area contributed by atoms with E-state index in [1.165, 1.54) is 18.2 Å². The number of rotatable bonds is 7. The molecule has 1 aliphatic heterocycles. The van der Waals surface area contributed by atoms with Crippen LogP contribution in [0.4, 0.5) is 11.4 Å². The summed E-state index contributed by atoms with van der Waals surface area (Å²) in [5.74, 6) is -3.23. The first-order valence-corrected chi connectivity index (χ1v) is 9.62. The molecule has 0 spiro atoms. The van der Waals surface area contributed by atoms with Gasteiger partial charge in [-0.2, -0.15) is 0 Å². The van der Waals surface area contributed by atoms with Gasteiger partial charge in [0.25, 0.3) is 17.5 Å². The third-order valence-electron chi connectivity index (χ3n) is 4.77. The molecule has 3 rings (SSSR count). The topological polar surface area (TPSA) is 148 Å². The SMILES string of the molecule is Cc1ccc(NC(=O)COC(=O)[C@@H]2CC(=O)N(NC(=O)c3ccccc3)C2)cc1[N+](=O)[O-]. The molecule has 166 valence electrons. The van der Waals surface area contributed by atoms with Gasteiger partial charge in [-0.1, -0.05) is 24.3 Å². The van der Waals surface area contributed by atoms with Gasteiger partial charge in [0, 0.05) is 29.3 Å². The van der Waals surface area contributed by atoms with Crippen LogP contribution < -0.4 is 10.7 Å². The van der Waals surface area contributed by atoms with Crippen molar-refractivity contribution in [2.45, 2.75) is 13.3 Å². The molecule has 0 unspecified atom stereocenters. The molecule has 11 nitrogen and oxygen atoms in total. The fourth-order valence-electron chi connectivity index (χ4n) is 3.09. The van der Waals surface area contributed by atoms with Crippen molar-refractivity contribution in [2.24, 2.45) is 5.92 Å². The summed E-state index contributed by atoms with van der Waals surface area (Å²) < 4.78 is 4.97. The lowest BCUT2D eigenvalue weighted by Gasteiger charge is -2.17. The minimum absolute atomic E-state index is 0.0813. The normalized spacial score (nSPS) is 15.2. The summed E-state index contributed by atoms with van der Waals surface area (Å²) in [7, 11) is 0. The van der Waals surface area contributed by atoms with Crippen LogP contribution in [-0.4, -0.2) is 46.8 Å². The first-order chi connectivity index (χ1) is 15.2. The molecule has 1 fully saturated rings. The average molecular weight is 440 g/mol. The van der Waals surface area contributed by atoms with Crippen molar-refractivity contribution in [3.8, 4) is 0 Å². The number of benzene rings is 2. The number of amides is 3. The van der Waals surface area contributed by atoms with Gasteiger partial charge >= 0.3 is 5.97 Å². The summed E-state index contributed by atoms with van der Waals surface area (Å²) in [6.45, 7) is 0.865. The molecule has 0 aliphatic carbocycles. The van der Waals surface area contributed by atoms with Crippen molar-refractivity contribution in [3.05, 3.63) is 69.8 Å². The van der Waals surface area contributed by atoms with Crippen LogP contribution in [0.1, 0.15) is 22.3 Å². The predicted molar refractivity (Wildman–Crippen MR) is 111 cm³/mol. The number of carbonyl (C=O) groups excluding carboxylic acids is 4. The highest BCUT2D eigenvalue weighted by Crippen LogP contribution is 2.22. The molecular formula is C21H20N4O7. The Balaban J connectivity index is 1.49. The number of hydrazine groups is 1. The Hall–Kier alpha value is -4.28. The monoisotopic (exact) mass is 440 g/mol. The highest BCUT2D eigenvalue weighted by molar-refractivity contribution is 5.97. The standard InChI is InChI=1S/C21H20N4O7/c1-13-7-8-16(10-17(13)25(30)31)22-18(26)12-32-21(29)15-9-19(27)24(11-15)23-20(28)14-5-3-2-4-6-14/h2-8,10,15H,9,11-12H2,1H3,(H,22,26)(H,23,28)/t15-/m1/s1. The average Bonchev–Trinajstić information content (AvgIpc) is 3.14. The van der Waals surface area contributed by atoms with E-state index in [1.807, 2.05) is 0 Å². The Labute approximate surface area is 182 Å². The minimum Gasteiger partial charge on any atom is -0.455 e. The fraction of sp³-hybridized carbons (Fsp3) is 0.238. The predicted octanol–water partition coefficient (Wildman–Crippen LogP) is 1.58. The van der Waals surface area contributed by atoms with Crippen LogP contribution in [0.3, 0.4) is 0 Å². The Morgan fingerprint density at radius 2 is 1.91 bits per heavy atom. The summed E-state index contributed by atoms with van der Waals surface area (Å²) in [6, 6.07) is 12.5. The molecule has 2 N–H and O–H groups in total. The first kappa shape index (κ1) is 22.4. The van der Waals surface area contributed by atoms with Crippen molar-refractivity contribution < 1.29 is 28.8 Å². The van der Waals surface area contributed by atoms with Crippen molar-refractivity contribution in [2.75, 3.05) is 18.5 Å². The molecule has 0 aromatic heterocycles. The van der Waals surface area contributed by atoms with Crippen LogP contribution in [0, 0.1) is 23.0 Å². The molecule has 0 radical (unpaired) electrons. The number of hydrogen-bond donors (Lipinski definition) is 2. The quantitative estimate of drug-likeness (QED) is 0.377. The molecular weight excluding hydrogens is 420 g/mol. The molecule has 1 heterocycles. The van der Waals surface area contributed by atoms with E-state index in [0.717, 1.165) is 5.01 Å². The largest absolute Gasteiger partial charge is 0.455 e. The second kappa shape index (κ2) is 9.69. The van der Waals surface area contributed by atoms with Gasteiger partial charge in [0.05, 0.1) is 17.4 Å². The van der Waals surface area contributed by atoms with E-state index in [4.69, 9.17) is 4.74 Å². The van der Waals surface area contributed by atoms with Gasteiger partial charge in [-0.05, 0) is 25.1 Å². The molecule has 1 saturated heterocycles. The van der Waals surface area contributed by atoms with E-state index in [0.29, 0.717) is 11.1 Å². The summed E-state index contributed by atoms with van der Waals surface area (Å²) in [6.07, 6.45) is -0.167. The number of nitro groups is 1. The zero-order valence-electron chi connectivity index (χ0n) is 17.1. The van der Waals surface area contributed by atoms with Crippen molar-refractivity contribution in [1.82, 2.24) is 10.4 Å². The summed E-state index contributed by atoms with van der Waals surface area (Å²) in [4.78, 5) is 59.0. The lowest BCUT2D eigenvalue weighted by atomic mass is 10.1. The second-order valence-electron chi connectivity index (χ2n) is 7.13. The van der Waals surface area contributed by atoms with Crippen molar-refractivity contribution in [3.63, 3.8) is 0 Å². The molecule has 0 saturated carbocycles. The molecule has 0 bridgehead atoms. The number of hydrogen-bond acceptors (Lipinski definition) is 7. The van der Waals surface area contributed by atoms with E-state index in [9.17, 15) is 29.3 Å². The third kappa shape index (κ3) is 5.45. The van der Waals surface area contributed by atoms with E-state index in [2.05, 4.69) is 10.7 Å².